The van der Waals surface area contributed by atoms with E-state index in [1.165, 1.54) is 0 Å². The van der Waals surface area contributed by atoms with Gasteiger partial charge < -0.3 is 4.74 Å². The van der Waals surface area contributed by atoms with Gasteiger partial charge in [-0.2, -0.15) is 9.69 Å². The van der Waals surface area contributed by atoms with Gasteiger partial charge in [0, 0.05) is 20.3 Å². The van der Waals surface area contributed by atoms with Gasteiger partial charge in [-0.15, -0.1) is 5.11 Å². The Hall–Kier alpha value is 1.92. The number of nitrogens with zero attached hydrogens (tertiary/aromatic N) is 3. The Balaban J connectivity index is 0.000000585. The first kappa shape index (κ1) is 24.9. The van der Waals surface area contributed by atoms with Gasteiger partial charge in [0.1, 0.15) is 11.5 Å². The van der Waals surface area contributed by atoms with E-state index >= 15 is 0 Å². The Morgan fingerprint density at radius 2 is 1.43 bits per heavy atom. The van der Waals surface area contributed by atoms with Crippen molar-refractivity contribution in [1.82, 2.24) is 0 Å². The Morgan fingerprint density at radius 3 is 1.78 bits per heavy atom. The second-order valence-electron chi connectivity index (χ2n) is 5.92. The van der Waals surface area contributed by atoms with Crippen molar-refractivity contribution in [3.63, 3.8) is 0 Å². The van der Waals surface area contributed by atoms with Crippen molar-refractivity contribution in [1.29, 1.82) is 0 Å². The molecular weight excluding hydrogens is 560 g/mol. The SMILES string of the molecule is COC1=[N+](C(C)(C)/N=N/C(C)(C)Cl)CCC1.[Cl][Sb-]([Cl])([Cl])([Cl])([Cl])[Cl]. The third-order valence-corrected chi connectivity index (χ3v) is 2.58. The van der Waals surface area contributed by atoms with Crippen LogP contribution in [0.25, 0.3) is 0 Å². The Morgan fingerprint density at radius 1 is 1.00 bits per heavy atom. The summed E-state index contributed by atoms with van der Waals surface area (Å²) in [4.78, 5) is -0.649. The van der Waals surface area contributed by atoms with Crippen molar-refractivity contribution in [2.24, 2.45) is 10.2 Å². The minimum atomic E-state index is -5.42. The fourth-order valence-electron chi connectivity index (χ4n) is 1.73. The first-order valence-corrected chi connectivity index (χ1v) is 26.4. The second-order valence-corrected chi connectivity index (χ2v) is 63.7. The van der Waals surface area contributed by atoms with Crippen molar-refractivity contribution in [3.05, 3.63) is 0 Å². The molecule has 140 valence electrons. The van der Waals surface area contributed by atoms with Gasteiger partial charge in [-0.05, 0) is 13.8 Å². The van der Waals surface area contributed by atoms with Crippen LogP contribution >= 0.6 is 64.6 Å². The standard InChI is InChI=1S/C11H21ClN3O.6ClH.Sb/c1-10(2,12)13-14-11(3,4)15-8-6-7-9(15)16-5;;;;;;;/h6-8H2,1-5H3;6*1H;/q+1;;;;;;;+5/p-6/b14-13+;;;;;;;. The van der Waals surface area contributed by atoms with E-state index < -0.39 is 19.8 Å². The number of azo groups is 1. The van der Waals surface area contributed by atoms with Gasteiger partial charge in [0.2, 0.25) is 0 Å². The van der Waals surface area contributed by atoms with Crippen molar-refractivity contribution in [3.8, 4) is 0 Å². The first-order valence-electron chi connectivity index (χ1n) is 6.58. The van der Waals surface area contributed by atoms with Crippen LogP contribution in [0.3, 0.4) is 0 Å². The molecule has 0 aliphatic carbocycles. The van der Waals surface area contributed by atoms with Crippen molar-refractivity contribution in [2.75, 3.05) is 13.7 Å². The summed E-state index contributed by atoms with van der Waals surface area (Å²) in [7, 11) is 26.7. The molecule has 0 atom stereocenters. The van der Waals surface area contributed by atoms with Crippen LogP contribution in [0.15, 0.2) is 10.2 Å². The van der Waals surface area contributed by atoms with E-state index in [1.807, 2.05) is 27.7 Å². The van der Waals surface area contributed by atoms with E-state index in [4.69, 9.17) is 69.3 Å². The summed E-state index contributed by atoms with van der Waals surface area (Å²) in [6, 6.07) is 0. The molecule has 0 fully saturated rings. The van der Waals surface area contributed by atoms with Gasteiger partial charge in [-0.25, -0.2) is 0 Å². The Bertz CT molecular complexity index is 480. The van der Waals surface area contributed by atoms with Crippen LogP contribution in [0.1, 0.15) is 40.5 Å². The summed E-state index contributed by atoms with van der Waals surface area (Å²) in [5.41, 5.74) is -0.395. The number of methoxy groups -OCH3 is 1. The minimum absolute atomic E-state index is 0.395. The van der Waals surface area contributed by atoms with Crippen LogP contribution in [-0.2, 0) is 4.74 Å². The number of halogens is 7. The average molecular weight is 581 g/mol. The van der Waals surface area contributed by atoms with Gasteiger partial charge in [-0.3, -0.25) is 0 Å². The summed E-state index contributed by atoms with van der Waals surface area (Å²) >= 11 is 6.00. The maximum atomic E-state index is 6.00. The maximum absolute atomic E-state index is 6.00. The zero-order valence-electron chi connectivity index (χ0n) is 13.5. The molecule has 0 radical (unpaired) electrons. The van der Waals surface area contributed by atoms with Crippen LogP contribution in [0.4, 0.5) is 0 Å². The molecule has 1 aliphatic rings. The molecule has 12 heteroatoms. The number of hydrogen-bond acceptors (Lipinski definition) is 3. The molecule has 0 bridgehead atoms. The molecule has 1 rings (SSSR count). The van der Waals surface area contributed by atoms with Crippen LogP contribution in [0.2, 0.25) is 0 Å². The van der Waals surface area contributed by atoms with Gasteiger partial charge in [-0.1, -0.05) is 11.6 Å². The molecule has 0 aromatic rings. The van der Waals surface area contributed by atoms with Gasteiger partial charge in [0.25, 0.3) is 5.66 Å². The van der Waals surface area contributed by atoms with E-state index in [0.29, 0.717) is 0 Å². The Labute approximate surface area is 162 Å². The van der Waals surface area contributed by atoms with E-state index in [-0.39, 0.29) is 0 Å². The molecule has 23 heavy (non-hydrogen) atoms. The second kappa shape index (κ2) is 7.50. The Kier molecular flexibility index (Phi) is 8.13. The summed E-state index contributed by atoms with van der Waals surface area (Å²) in [6.45, 7) is 8.63. The third kappa shape index (κ3) is 15.9. The molecule has 0 aromatic heterocycles. The molecule has 0 saturated carbocycles. The van der Waals surface area contributed by atoms with Crippen LogP contribution in [0.5, 0.6) is 0 Å². The first-order chi connectivity index (χ1) is 9.71. The van der Waals surface area contributed by atoms with Crippen molar-refractivity contribution < 1.29 is 9.31 Å². The summed E-state index contributed by atoms with van der Waals surface area (Å²) < 4.78 is 7.49. The summed E-state index contributed by atoms with van der Waals surface area (Å²) in [5.74, 6) is 0.983. The quantitative estimate of drug-likeness (QED) is 0.119. The van der Waals surface area contributed by atoms with E-state index in [2.05, 4.69) is 14.8 Å². The molecule has 0 spiro atoms. The van der Waals surface area contributed by atoms with E-state index in [1.54, 1.807) is 7.11 Å². The van der Waals surface area contributed by atoms with Gasteiger partial charge in [0.15, 0.2) is 0 Å². The molecule has 1 heterocycles. The normalized spacial score (nSPS) is 20.0. The van der Waals surface area contributed by atoms with Crippen LogP contribution in [-0.4, -0.2) is 43.9 Å². The molecule has 0 unspecified atom stereocenters. The van der Waals surface area contributed by atoms with E-state index in [9.17, 15) is 0 Å². The molecule has 0 amide bonds. The monoisotopic (exact) mass is 577 g/mol. The van der Waals surface area contributed by atoms with Crippen molar-refractivity contribution >= 4 is 79.6 Å². The average Bonchev–Trinajstić information content (AvgIpc) is 2.69. The van der Waals surface area contributed by atoms with Crippen LogP contribution < -0.4 is 0 Å². The molecule has 1 aliphatic heterocycles. The zero-order chi connectivity index (χ0) is 18.8. The van der Waals surface area contributed by atoms with Crippen LogP contribution in [0, 0.1) is 0 Å². The predicted molar refractivity (Wildman–Crippen MR) is 106 cm³/mol. The number of ether oxygens (including phenoxy) is 1. The number of hydrogen-bond donors (Lipinski definition) is 0. The topological polar surface area (TPSA) is 37.0 Å². The van der Waals surface area contributed by atoms with Crippen molar-refractivity contribution in [2.45, 2.75) is 51.2 Å². The fourth-order valence-corrected chi connectivity index (χ4v) is 1.77. The zero-order valence-corrected chi connectivity index (χ0v) is 21.3. The molecule has 4 nitrogen and oxygen atoms in total. The number of alkyl halides is 1. The molecule has 0 saturated heterocycles. The third-order valence-electron chi connectivity index (χ3n) is 2.50. The molecule has 0 N–H and O–H groups in total. The summed E-state index contributed by atoms with van der Waals surface area (Å²) in [6.07, 6.45) is 2.08. The van der Waals surface area contributed by atoms with E-state index in [0.717, 1.165) is 25.3 Å². The number of rotatable bonds is 3. The fraction of sp³-hybridized carbons (Fsp3) is 0.909. The molecular formula is C11H21Cl7N3OSb. The van der Waals surface area contributed by atoms with Gasteiger partial charge in [0.05, 0.1) is 13.5 Å². The predicted octanol–water partition coefficient (Wildman–Crippen LogP) is 6.76. The summed E-state index contributed by atoms with van der Waals surface area (Å²) in [5, 5.41) is 8.45. The van der Waals surface area contributed by atoms with Gasteiger partial charge >= 0.3 is 68.0 Å². The molecule has 0 aromatic carbocycles.